The lowest BCUT2D eigenvalue weighted by molar-refractivity contribution is 0.374. The van der Waals surface area contributed by atoms with Gasteiger partial charge >= 0.3 is 0 Å². The van der Waals surface area contributed by atoms with E-state index >= 15 is 0 Å². The molecule has 0 radical (unpaired) electrons. The van der Waals surface area contributed by atoms with E-state index < -0.39 is 0 Å². The molecule has 6 heteroatoms. The molecule has 21 heavy (non-hydrogen) atoms. The number of H-pyrrole nitrogens is 1. The SMILES string of the molecule is COc1cc(-c2n[nH]c3c2N2CCC3CC2)cc(Cl)c1O. The molecule has 5 rings (SSSR count). The number of piperidine rings is 1. The van der Waals surface area contributed by atoms with Crippen LogP contribution in [0.2, 0.25) is 5.02 Å². The van der Waals surface area contributed by atoms with Crippen molar-refractivity contribution in [1.29, 1.82) is 0 Å². The van der Waals surface area contributed by atoms with E-state index in [2.05, 4.69) is 15.1 Å². The number of fused-ring (bicyclic) bond motifs is 2. The third-order valence-corrected chi connectivity index (χ3v) is 4.80. The van der Waals surface area contributed by atoms with Crippen LogP contribution in [0.25, 0.3) is 11.3 Å². The molecule has 0 unspecified atom stereocenters. The number of hydrogen-bond acceptors (Lipinski definition) is 4. The van der Waals surface area contributed by atoms with E-state index in [0.717, 1.165) is 24.3 Å². The number of aromatic amines is 1. The Bertz CT molecular complexity index is 705. The highest BCUT2D eigenvalue weighted by atomic mass is 35.5. The summed E-state index contributed by atoms with van der Waals surface area (Å²) >= 11 is 6.10. The van der Waals surface area contributed by atoms with Crippen molar-refractivity contribution in [2.45, 2.75) is 18.8 Å². The molecule has 1 aromatic carbocycles. The molecule has 3 aliphatic rings. The summed E-state index contributed by atoms with van der Waals surface area (Å²) in [6.07, 6.45) is 2.38. The molecule has 2 aromatic rings. The smallest absolute Gasteiger partial charge is 0.176 e. The molecule has 0 saturated carbocycles. The maximum Gasteiger partial charge on any atom is 0.176 e. The normalized spacial score (nSPS) is 17.1. The van der Waals surface area contributed by atoms with Crippen LogP contribution in [0.15, 0.2) is 12.1 Å². The van der Waals surface area contributed by atoms with Gasteiger partial charge in [0.25, 0.3) is 0 Å². The van der Waals surface area contributed by atoms with Crippen molar-refractivity contribution in [2.24, 2.45) is 0 Å². The second-order valence-corrected chi connectivity index (χ2v) is 6.01. The van der Waals surface area contributed by atoms with Crippen LogP contribution in [0.3, 0.4) is 0 Å². The first-order valence-corrected chi connectivity index (χ1v) is 7.47. The number of phenols is 1. The monoisotopic (exact) mass is 305 g/mol. The van der Waals surface area contributed by atoms with Gasteiger partial charge in [0.15, 0.2) is 11.5 Å². The van der Waals surface area contributed by atoms with Gasteiger partial charge in [0.1, 0.15) is 5.69 Å². The quantitative estimate of drug-likeness (QED) is 0.895. The van der Waals surface area contributed by atoms with Crippen LogP contribution in [-0.2, 0) is 0 Å². The first-order chi connectivity index (χ1) is 10.2. The van der Waals surface area contributed by atoms with Gasteiger partial charge in [-0.1, -0.05) is 11.6 Å². The van der Waals surface area contributed by atoms with E-state index in [1.54, 1.807) is 12.1 Å². The Morgan fingerprint density at radius 1 is 1.38 bits per heavy atom. The van der Waals surface area contributed by atoms with Crippen molar-refractivity contribution >= 4 is 17.3 Å². The van der Waals surface area contributed by atoms with Crippen LogP contribution >= 0.6 is 11.6 Å². The summed E-state index contributed by atoms with van der Waals surface area (Å²) < 4.78 is 5.18. The third-order valence-electron chi connectivity index (χ3n) is 4.51. The second kappa shape index (κ2) is 4.56. The van der Waals surface area contributed by atoms with E-state index in [0.29, 0.717) is 11.7 Å². The van der Waals surface area contributed by atoms with Gasteiger partial charge in [-0.15, -0.1) is 0 Å². The number of anilines is 1. The Morgan fingerprint density at radius 3 is 2.86 bits per heavy atom. The van der Waals surface area contributed by atoms with Gasteiger partial charge in [-0.2, -0.15) is 5.10 Å². The van der Waals surface area contributed by atoms with Gasteiger partial charge in [0.2, 0.25) is 0 Å². The fourth-order valence-corrected chi connectivity index (χ4v) is 3.62. The molecule has 0 aliphatic carbocycles. The maximum atomic E-state index is 9.87. The zero-order chi connectivity index (χ0) is 14.6. The Hall–Kier alpha value is -1.88. The van der Waals surface area contributed by atoms with Gasteiger partial charge < -0.3 is 14.7 Å². The molecule has 1 fully saturated rings. The van der Waals surface area contributed by atoms with Crippen molar-refractivity contribution < 1.29 is 9.84 Å². The van der Waals surface area contributed by atoms with E-state index in [1.807, 2.05) is 0 Å². The summed E-state index contributed by atoms with van der Waals surface area (Å²) in [6, 6.07) is 3.51. The van der Waals surface area contributed by atoms with Crippen molar-refractivity contribution in [2.75, 3.05) is 25.1 Å². The molecule has 4 heterocycles. The summed E-state index contributed by atoms with van der Waals surface area (Å²) in [7, 11) is 1.51. The van der Waals surface area contributed by atoms with Crippen LogP contribution in [-0.4, -0.2) is 35.5 Å². The Kier molecular flexibility index (Phi) is 2.79. The lowest BCUT2D eigenvalue weighted by atomic mass is 9.86. The number of nitrogens with one attached hydrogen (secondary N) is 1. The first-order valence-electron chi connectivity index (χ1n) is 7.09. The predicted molar refractivity (Wildman–Crippen MR) is 81.4 cm³/mol. The Morgan fingerprint density at radius 2 is 2.14 bits per heavy atom. The molecule has 0 amide bonds. The predicted octanol–water partition coefficient (Wildman–Crippen LogP) is 3.14. The molecule has 110 valence electrons. The van der Waals surface area contributed by atoms with E-state index in [4.69, 9.17) is 16.3 Å². The van der Waals surface area contributed by atoms with Crippen LogP contribution in [0, 0.1) is 0 Å². The van der Waals surface area contributed by atoms with Gasteiger partial charge in [-0.05, 0) is 25.0 Å². The van der Waals surface area contributed by atoms with Crippen LogP contribution < -0.4 is 9.64 Å². The van der Waals surface area contributed by atoms with Crippen molar-refractivity contribution in [3.05, 3.63) is 22.8 Å². The maximum absolute atomic E-state index is 9.87. The van der Waals surface area contributed by atoms with Crippen molar-refractivity contribution in [1.82, 2.24) is 10.2 Å². The Labute approximate surface area is 127 Å². The molecular weight excluding hydrogens is 290 g/mol. The molecule has 2 N–H and O–H groups in total. The van der Waals surface area contributed by atoms with Gasteiger partial charge in [-0.3, -0.25) is 5.10 Å². The fraction of sp³-hybridized carbons (Fsp3) is 0.400. The summed E-state index contributed by atoms with van der Waals surface area (Å²) in [6.45, 7) is 2.15. The van der Waals surface area contributed by atoms with Crippen LogP contribution in [0.1, 0.15) is 24.5 Å². The highest BCUT2D eigenvalue weighted by Crippen LogP contribution is 2.47. The number of ether oxygens (including phenoxy) is 1. The topological polar surface area (TPSA) is 61.4 Å². The van der Waals surface area contributed by atoms with Crippen LogP contribution in [0.5, 0.6) is 11.5 Å². The number of rotatable bonds is 2. The third kappa shape index (κ3) is 1.80. The zero-order valence-electron chi connectivity index (χ0n) is 11.7. The Balaban J connectivity index is 1.87. The molecule has 1 saturated heterocycles. The number of halogens is 1. The van der Waals surface area contributed by atoms with E-state index in [1.165, 1.54) is 31.3 Å². The summed E-state index contributed by atoms with van der Waals surface area (Å²) in [4.78, 5) is 2.38. The largest absolute Gasteiger partial charge is 0.503 e. The van der Waals surface area contributed by atoms with E-state index in [9.17, 15) is 5.11 Å². The minimum Gasteiger partial charge on any atom is -0.503 e. The minimum absolute atomic E-state index is 0.0332. The number of aromatic hydroxyl groups is 1. The number of aromatic nitrogens is 2. The molecular formula is C15H16ClN3O2. The average Bonchev–Trinajstić information content (AvgIpc) is 2.98. The zero-order valence-corrected chi connectivity index (χ0v) is 12.4. The fourth-order valence-electron chi connectivity index (χ4n) is 3.41. The highest BCUT2D eigenvalue weighted by Gasteiger charge is 2.35. The summed E-state index contributed by atoms with van der Waals surface area (Å²) in [5.41, 5.74) is 4.15. The average molecular weight is 306 g/mol. The second-order valence-electron chi connectivity index (χ2n) is 5.60. The standard InChI is InChI=1S/C15H16ClN3O2/c1-21-11-7-9(6-10(16)15(11)20)13-14-12(17-18-13)8-2-4-19(14)5-3-8/h6-8,20H,2-5H2,1H3,(H,17,18). The number of benzene rings is 1. The number of methoxy groups -OCH3 is 1. The van der Waals surface area contributed by atoms with Crippen molar-refractivity contribution in [3.8, 4) is 22.8 Å². The lowest BCUT2D eigenvalue weighted by Gasteiger charge is -2.40. The summed E-state index contributed by atoms with van der Waals surface area (Å²) in [5, 5.41) is 17.8. The molecule has 5 nitrogen and oxygen atoms in total. The molecule has 2 bridgehead atoms. The molecule has 1 aromatic heterocycles. The first kappa shape index (κ1) is 12.8. The van der Waals surface area contributed by atoms with E-state index in [-0.39, 0.29) is 10.8 Å². The van der Waals surface area contributed by atoms with Crippen LogP contribution in [0.4, 0.5) is 5.69 Å². The number of hydrogen-bond donors (Lipinski definition) is 2. The molecule has 0 atom stereocenters. The van der Waals surface area contributed by atoms with Gasteiger partial charge in [-0.25, -0.2) is 0 Å². The lowest BCUT2D eigenvalue weighted by Crippen LogP contribution is -2.38. The summed E-state index contributed by atoms with van der Waals surface area (Å²) in [5.74, 6) is 0.917. The number of phenolic OH excluding ortho intramolecular Hbond substituents is 1. The number of nitrogens with zero attached hydrogens (tertiary/aromatic N) is 2. The van der Waals surface area contributed by atoms with Crippen molar-refractivity contribution in [3.63, 3.8) is 0 Å². The highest BCUT2D eigenvalue weighted by molar-refractivity contribution is 6.32. The van der Waals surface area contributed by atoms with Gasteiger partial charge in [0.05, 0.1) is 23.5 Å². The van der Waals surface area contributed by atoms with Gasteiger partial charge in [0, 0.05) is 24.6 Å². The minimum atomic E-state index is -0.0332. The molecule has 3 aliphatic heterocycles. The molecule has 0 spiro atoms.